The zero-order valence-electron chi connectivity index (χ0n) is 12.8. The molecule has 0 bridgehead atoms. The Hall–Kier alpha value is -1.31. The van der Waals surface area contributed by atoms with Gasteiger partial charge in [-0.3, -0.25) is 4.99 Å². The summed E-state index contributed by atoms with van der Waals surface area (Å²) in [5.41, 5.74) is 2.16. The Morgan fingerprint density at radius 1 is 1.00 bits per heavy atom. The number of nitrogens with zero attached hydrogens (tertiary/aromatic N) is 3. The lowest BCUT2D eigenvalue weighted by molar-refractivity contribution is 0.346. The van der Waals surface area contributed by atoms with Crippen LogP contribution in [-0.4, -0.2) is 49.0 Å². The third kappa shape index (κ3) is 2.70. The smallest absolute Gasteiger partial charge is 0.243 e. The maximum Gasteiger partial charge on any atom is 0.243 e. The van der Waals surface area contributed by atoms with Crippen LogP contribution in [0.25, 0.3) is 5.70 Å². The predicted molar refractivity (Wildman–Crippen MR) is 93.6 cm³/mol. The highest BCUT2D eigenvalue weighted by molar-refractivity contribution is 8.16. The second kappa shape index (κ2) is 5.96. The van der Waals surface area contributed by atoms with Crippen LogP contribution >= 0.6 is 11.8 Å². The first-order valence-electron chi connectivity index (χ1n) is 7.96. The average Bonchev–Trinajstić information content (AvgIpc) is 3.19. The molecule has 0 aliphatic carbocycles. The minimum absolute atomic E-state index is 0.393. The number of amidine groups is 1. The van der Waals surface area contributed by atoms with Crippen molar-refractivity contribution in [1.82, 2.24) is 9.21 Å². The van der Waals surface area contributed by atoms with Crippen molar-refractivity contribution in [2.75, 3.05) is 26.2 Å². The van der Waals surface area contributed by atoms with E-state index in [1.54, 1.807) is 28.2 Å². The van der Waals surface area contributed by atoms with Crippen LogP contribution in [0.1, 0.15) is 24.8 Å². The topological polar surface area (TPSA) is 53.0 Å². The number of hydrogen-bond acceptors (Lipinski definition) is 5. The van der Waals surface area contributed by atoms with Crippen LogP contribution in [0.5, 0.6) is 0 Å². The molecule has 5 nitrogen and oxygen atoms in total. The van der Waals surface area contributed by atoms with Crippen LogP contribution in [0.4, 0.5) is 0 Å². The molecule has 0 N–H and O–H groups in total. The molecule has 1 fully saturated rings. The van der Waals surface area contributed by atoms with Gasteiger partial charge in [0.05, 0.1) is 17.1 Å². The van der Waals surface area contributed by atoms with Crippen molar-refractivity contribution < 1.29 is 8.42 Å². The molecule has 3 aliphatic heterocycles. The first kappa shape index (κ1) is 15.2. The van der Waals surface area contributed by atoms with Crippen molar-refractivity contribution in [1.29, 1.82) is 0 Å². The summed E-state index contributed by atoms with van der Waals surface area (Å²) in [5, 5.41) is 3.14. The highest BCUT2D eigenvalue weighted by Crippen LogP contribution is 2.35. The number of fused-ring (bicyclic) bond motifs is 1. The molecule has 1 aromatic carbocycles. The van der Waals surface area contributed by atoms with Crippen molar-refractivity contribution >= 4 is 32.6 Å². The van der Waals surface area contributed by atoms with Crippen molar-refractivity contribution in [3.8, 4) is 0 Å². The lowest BCUT2D eigenvalue weighted by Gasteiger charge is -2.26. The van der Waals surface area contributed by atoms with E-state index in [1.165, 1.54) is 0 Å². The van der Waals surface area contributed by atoms with Gasteiger partial charge in [-0.05, 0) is 30.5 Å². The minimum Gasteiger partial charge on any atom is -0.318 e. The fourth-order valence-electron chi connectivity index (χ4n) is 3.20. The number of aliphatic imine (C=N–C) groups is 1. The molecule has 0 aromatic heterocycles. The van der Waals surface area contributed by atoms with Crippen LogP contribution < -0.4 is 0 Å². The summed E-state index contributed by atoms with van der Waals surface area (Å²) in [6.07, 6.45) is 3.04. The summed E-state index contributed by atoms with van der Waals surface area (Å²) in [6, 6.07) is 7.28. The van der Waals surface area contributed by atoms with Gasteiger partial charge in [0, 0.05) is 25.0 Å². The Bertz CT molecular complexity index is 763. The molecule has 0 atom stereocenters. The van der Waals surface area contributed by atoms with Gasteiger partial charge in [0.25, 0.3) is 0 Å². The fraction of sp³-hybridized carbons (Fsp3) is 0.438. The molecule has 3 aliphatic rings. The highest BCUT2D eigenvalue weighted by Gasteiger charge is 2.28. The molecule has 0 unspecified atom stereocenters. The van der Waals surface area contributed by atoms with Gasteiger partial charge in [-0.25, -0.2) is 8.42 Å². The van der Waals surface area contributed by atoms with Crippen LogP contribution in [0.15, 0.2) is 39.6 Å². The average molecular weight is 349 g/mol. The van der Waals surface area contributed by atoms with Crippen molar-refractivity contribution in [3.63, 3.8) is 0 Å². The van der Waals surface area contributed by atoms with Crippen LogP contribution in [0.2, 0.25) is 0 Å². The molecule has 0 spiro atoms. The Morgan fingerprint density at radius 3 is 2.48 bits per heavy atom. The van der Waals surface area contributed by atoms with E-state index in [4.69, 9.17) is 0 Å². The zero-order valence-corrected chi connectivity index (χ0v) is 14.4. The molecule has 0 radical (unpaired) electrons. The van der Waals surface area contributed by atoms with E-state index in [-0.39, 0.29) is 0 Å². The normalized spacial score (nSPS) is 22.0. The molecular weight excluding hydrogens is 330 g/mol. The standard InChI is InChI=1S/C16H19N3O2S2/c20-23(21,18-9-2-1-3-10-18)14-6-4-13(5-7-14)15-12-22-16-17-8-11-19(15)16/h4-7,12H,1-3,8-11H2. The number of thioether (sulfide) groups is 1. The van der Waals surface area contributed by atoms with Gasteiger partial charge in [-0.1, -0.05) is 30.3 Å². The zero-order chi connectivity index (χ0) is 15.9. The molecule has 122 valence electrons. The number of hydrogen-bond donors (Lipinski definition) is 0. The summed E-state index contributed by atoms with van der Waals surface area (Å²) < 4.78 is 27.0. The van der Waals surface area contributed by atoms with Crippen molar-refractivity contribution in [2.45, 2.75) is 24.2 Å². The van der Waals surface area contributed by atoms with Crippen molar-refractivity contribution in [2.24, 2.45) is 4.99 Å². The van der Waals surface area contributed by atoms with Crippen molar-refractivity contribution in [3.05, 3.63) is 35.2 Å². The predicted octanol–water partition coefficient (Wildman–Crippen LogP) is 2.58. The molecule has 0 saturated carbocycles. The SMILES string of the molecule is O=S(=O)(c1ccc(C2=CSC3=NCCN23)cc1)N1CCCCC1. The third-order valence-corrected chi connectivity index (χ3v) is 7.29. The second-order valence-corrected chi connectivity index (χ2v) is 8.70. The molecule has 0 amide bonds. The van der Waals surface area contributed by atoms with Gasteiger partial charge in [0.15, 0.2) is 5.17 Å². The van der Waals surface area contributed by atoms with E-state index >= 15 is 0 Å². The summed E-state index contributed by atoms with van der Waals surface area (Å²) in [7, 11) is -3.35. The third-order valence-electron chi connectivity index (χ3n) is 4.47. The summed E-state index contributed by atoms with van der Waals surface area (Å²) in [4.78, 5) is 7.03. The van der Waals surface area contributed by atoms with E-state index in [0.29, 0.717) is 18.0 Å². The Balaban J connectivity index is 1.57. The van der Waals surface area contributed by atoms with Gasteiger partial charge < -0.3 is 4.90 Å². The molecule has 23 heavy (non-hydrogen) atoms. The quantitative estimate of drug-likeness (QED) is 0.842. The van der Waals surface area contributed by atoms with E-state index in [0.717, 1.165) is 48.8 Å². The molecule has 1 aromatic rings. The molecule has 7 heteroatoms. The van der Waals surface area contributed by atoms with Gasteiger partial charge >= 0.3 is 0 Å². The maximum absolute atomic E-state index is 12.7. The van der Waals surface area contributed by atoms with Gasteiger partial charge in [-0.15, -0.1) is 0 Å². The summed E-state index contributed by atoms with van der Waals surface area (Å²) in [5.74, 6) is 0. The van der Waals surface area contributed by atoms with E-state index < -0.39 is 10.0 Å². The van der Waals surface area contributed by atoms with Gasteiger partial charge in [0.1, 0.15) is 0 Å². The minimum atomic E-state index is -3.35. The lowest BCUT2D eigenvalue weighted by atomic mass is 10.1. The van der Waals surface area contributed by atoms with Crippen LogP contribution in [-0.2, 0) is 10.0 Å². The van der Waals surface area contributed by atoms with E-state index in [9.17, 15) is 8.42 Å². The molecule has 1 saturated heterocycles. The Kier molecular flexibility index (Phi) is 3.95. The monoisotopic (exact) mass is 349 g/mol. The fourth-order valence-corrected chi connectivity index (χ4v) is 5.68. The first-order valence-corrected chi connectivity index (χ1v) is 10.3. The van der Waals surface area contributed by atoms with E-state index in [1.807, 2.05) is 12.1 Å². The van der Waals surface area contributed by atoms with E-state index in [2.05, 4.69) is 15.3 Å². The summed E-state index contributed by atoms with van der Waals surface area (Å²) in [6.45, 7) is 3.02. The second-order valence-electron chi connectivity index (χ2n) is 5.93. The first-order chi connectivity index (χ1) is 11.2. The van der Waals surface area contributed by atoms with Gasteiger partial charge in [-0.2, -0.15) is 4.31 Å². The molecule has 4 rings (SSSR count). The number of piperidine rings is 1. The number of benzene rings is 1. The van der Waals surface area contributed by atoms with Gasteiger partial charge in [0.2, 0.25) is 10.0 Å². The largest absolute Gasteiger partial charge is 0.318 e. The number of rotatable bonds is 3. The Morgan fingerprint density at radius 2 is 1.74 bits per heavy atom. The lowest BCUT2D eigenvalue weighted by Crippen LogP contribution is -2.35. The summed E-state index contributed by atoms with van der Waals surface area (Å²) >= 11 is 1.64. The number of sulfonamides is 1. The molecular formula is C16H19N3O2S2. The Labute approximate surface area is 141 Å². The molecule has 3 heterocycles. The van der Waals surface area contributed by atoms with Crippen LogP contribution in [0, 0.1) is 0 Å². The highest BCUT2D eigenvalue weighted by atomic mass is 32.2. The van der Waals surface area contributed by atoms with Crippen LogP contribution in [0.3, 0.4) is 0 Å². The maximum atomic E-state index is 12.7.